The van der Waals surface area contributed by atoms with Crippen LogP contribution in [-0.4, -0.2) is 76.9 Å². The number of esters is 2. The van der Waals surface area contributed by atoms with E-state index >= 15 is 0 Å². The summed E-state index contributed by atoms with van der Waals surface area (Å²) < 4.78 is 32.5. The van der Waals surface area contributed by atoms with Gasteiger partial charge in [-0.2, -0.15) is 0 Å². The second kappa shape index (κ2) is 39.0. The Kier molecular flexibility index (Phi) is 36.9. The van der Waals surface area contributed by atoms with E-state index in [9.17, 15) is 29.3 Å². The topological polar surface area (TPSA) is 169 Å². The minimum absolute atomic E-state index is 0.0282. The zero-order valence-corrected chi connectivity index (χ0v) is 35.1. The summed E-state index contributed by atoms with van der Waals surface area (Å²) >= 11 is 0. The number of rotatable bonds is 37. The summed E-state index contributed by atoms with van der Waals surface area (Å²) in [5, 5.41) is 28.5. The molecule has 0 rings (SSSR count). The SMILES string of the molecule is CC/C=C\C/C=C\C/C=C\C/C=C\C=C/C(O)C/C=C\CCC(=O)O[C@H](COC(=O)CCCCCCC/C=C\CCCCCC)COP(=O)(O)OC[C@@H](O)CO. The third-order valence-corrected chi connectivity index (χ3v) is 9.08. The highest BCUT2D eigenvalue weighted by Crippen LogP contribution is 2.43. The Bertz CT molecular complexity index is 1220. The largest absolute Gasteiger partial charge is 0.472 e. The van der Waals surface area contributed by atoms with E-state index in [1.165, 1.54) is 25.7 Å². The molecule has 0 aromatic carbocycles. The first kappa shape index (κ1) is 53.1. The first-order valence-corrected chi connectivity index (χ1v) is 22.1. The Morgan fingerprint density at radius 2 is 1.21 bits per heavy atom. The van der Waals surface area contributed by atoms with Crippen molar-refractivity contribution in [3.8, 4) is 0 Å². The van der Waals surface area contributed by atoms with E-state index in [0.717, 1.165) is 64.2 Å². The van der Waals surface area contributed by atoms with Crippen LogP contribution in [0.15, 0.2) is 85.1 Å². The van der Waals surface area contributed by atoms with Crippen molar-refractivity contribution in [3.05, 3.63) is 85.1 Å². The second-order valence-electron chi connectivity index (χ2n) is 13.5. The zero-order valence-electron chi connectivity index (χ0n) is 34.2. The third-order valence-electron chi connectivity index (χ3n) is 8.13. The Labute approximate surface area is 337 Å². The molecular weight excluding hydrogens is 735 g/mol. The van der Waals surface area contributed by atoms with Gasteiger partial charge < -0.3 is 29.7 Å². The monoisotopic (exact) mass is 808 g/mol. The van der Waals surface area contributed by atoms with Gasteiger partial charge in [-0.3, -0.25) is 18.6 Å². The lowest BCUT2D eigenvalue weighted by atomic mass is 10.1. The summed E-state index contributed by atoms with van der Waals surface area (Å²) in [4.78, 5) is 34.9. The van der Waals surface area contributed by atoms with Crippen molar-refractivity contribution in [2.24, 2.45) is 0 Å². The molecule has 12 heteroatoms. The van der Waals surface area contributed by atoms with Gasteiger partial charge in [-0.15, -0.1) is 0 Å². The number of carbonyl (C=O) groups excluding carboxylic acids is 2. The number of phosphoric acid groups is 1. The molecule has 0 aromatic heterocycles. The number of aliphatic hydroxyl groups is 3. The summed E-state index contributed by atoms with van der Waals surface area (Å²) in [6.07, 6.45) is 41.6. The molecule has 0 saturated heterocycles. The first-order chi connectivity index (χ1) is 27.1. The number of hydrogen-bond acceptors (Lipinski definition) is 10. The average Bonchev–Trinajstić information content (AvgIpc) is 3.18. The van der Waals surface area contributed by atoms with Gasteiger partial charge >= 0.3 is 19.8 Å². The van der Waals surface area contributed by atoms with Gasteiger partial charge in [0.2, 0.25) is 0 Å². The predicted molar refractivity (Wildman–Crippen MR) is 225 cm³/mol. The molecule has 11 nitrogen and oxygen atoms in total. The van der Waals surface area contributed by atoms with Crippen molar-refractivity contribution in [3.63, 3.8) is 0 Å². The maximum Gasteiger partial charge on any atom is 0.472 e. The second-order valence-corrected chi connectivity index (χ2v) is 14.9. The Morgan fingerprint density at radius 1 is 0.625 bits per heavy atom. The van der Waals surface area contributed by atoms with Gasteiger partial charge in [0, 0.05) is 12.8 Å². The molecule has 0 aliphatic carbocycles. The van der Waals surface area contributed by atoms with Gasteiger partial charge in [-0.25, -0.2) is 4.57 Å². The molecule has 4 atom stereocenters. The molecule has 0 bridgehead atoms. The minimum atomic E-state index is -4.67. The van der Waals surface area contributed by atoms with Crippen LogP contribution in [0.3, 0.4) is 0 Å². The van der Waals surface area contributed by atoms with Gasteiger partial charge in [0.25, 0.3) is 0 Å². The number of allylic oxidation sites excluding steroid dienone is 12. The van der Waals surface area contributed by atoms with E-state index in [0.29, 0.717) is 19.3 Å². The van der Waals surface area contributed by atoms with Crippen LogP contribution >= 0.6 is 7.82 Å². The van der Waals surface area contributed by atoms with Crippen LogP contribution in [-0.2, 0) is 32.7 Å². The van der Waals surface area contributed by atoms with E-state index in [2.05, 4.69) is 67.0 Å². The van der Waals surface area contributed by atoms with E-state index < -0.39 is 57.9 Å². The van der Waals surface area contributed by atoms with Crippen LogP contribution in [0.4, 0.5) is 0 Å². The summed E-state index contributed by atoms with van der Waals surface area (Å²) in [6.45, 7) is 2.01. The highest BCUT2D eigenvalue weighted by Gasteiger charge is 2.27. The molecule has 2 unspecified atom stereocenters. The van der Waals surface area contributed by atoms with Crippen LogP contribution in [0.1, 0.15) is 136 Å². The van der Waals surface area contributed by atoms with E-state index in [1.54, 1.807) is 24.3 Å². The average molecular weight is 809 g/mol. The Morgan fingerprint density at radius 3 is 1.88 bits per heavy atom. The molecule has 320 valence electrons. The standard InChI is InChI=1S/C44H73O11P/c1-3-5-7-9-11-13-15-17-19-21-23-25-28-32-40(46)33-29-27-31-35-44(49)55-42(39-54-56(50,51)53-37-41(47)36-45)38-52-43(48)34-30-26-24-22-20-18-16-14-12-10-8-6-4-2/h5,7,11,13-14,16-17,19,23,25,27-29,32,40-42,45-47H,3-4,6,8-10,12,15,18,20-22,24,26,30-31,33-39H2,1-2H3,(H,50,51)/b7-5-,13-11-,16-14-,19-17-,25-23-,29-27-,32-28-/t40?,41-,42+/m0/s1. The van der Waals surface area contributed by atoms with Gasteiger partial charge in [-0.05, 0) is 70.6 Å². The van der Waals surface area contributed by atoms with Crippen LogP contribution in [0.25, 0.3) is 0 Å². The quantitative estimate of drug-likeness (QED) is 0.0155. The van der Waals surface area contributed by atoms with Crippen molar-refractivity contribution >= 4 is 19.8 Å². The van der Waals surface area contributed by atoms with Crippen molar-refractivity contribution in [1.29, 1.82) is 0 Å². The van der Waals surface area contributed by atoms with Gasteiger partial charge in [-0.1, -0.05) is 137 Å². The van der Waals surface area contributed by atoms with Gasteiger partial charge in [0.1, 0.15) is 12.7 Å². The van der Waals surface area contributed by atoms with E-state index in [4.69, 9.17) is 19.1 Å². The number of hydrogen-bond donors (Lipinski definition) is 4. The minimum Gasteiger partial charge on any atom is -0.462 e. The van der Waals surface area contributed by atoms with Gasteiger partial charge in [0.05, 0.1) is 25.9 Å². The van der Waals surface area contributed by atoms with Crippen LogP contribution < -0.4 is 0 Å². The number of phosphoric ester groups is 1. The van der Waals surface area contributed by atoms with E-state index in [-0.39, 0.29) is 19.4 Å². The Hall–Kier alpha value is -2.89. The van der Waals surface area contributed by atoms with Crippen molar-refractivity contribution in [1.82, 2.24) is 0 Å². The number of unbranched alkanes of at least 4 members (excludes halogenated alkanes) is 9. The van der Waals surface area contributed by atoms with Crippen molar-refractivity contribution < 1.29 is 52.9 Å². The predicted octanol–water partition coefficient (Wildman–Crippen LogP) is 9.63. The van der Waals surface area contributed by atoms with E-state index in [1.807, 2.05) is 12.2 Å². The zero-order chi connectivity index (χ0) is 41.4. The summed E-state index contributed by atoms with van der Waals surface area (Å²) in [5.74, 6) is -1.13. The maximum atomic E-state index is 12.6. The fraction of sp³-hybridized carbons (Fsp3) is 0.636. The molecular formula is C44H73O11P. The molecule has 0 aliphatic rings. The normalized spacial score (nSPS) is 15.3. The molecule has 0 aromatic rings. The summed E-state index contributed by atoms with van der Waals surface area (Å²) in [5.41, 5.74) is 0. The molecule has 0 spiro atoms. The fourth-order valence-corrected chi connectivity index (χ4v) is 5.71. The summed E-state index contributed by atoms with van der Waals surface area (Å²) in [6, 6.07) is 0. The lowest BCUT2D eigenvalue weighted by molar-refractivity contribution is -0.161. The van der Waals surface area contributed by atoms with Crippen LogP contribution in [0, 0.1) is 0 Å². The highest BCUT2D eigenvalue weighted by atomic mass is 31.2. The number of aliphatic hydroxyl groups excluding tert-OH is 3. The molecule has 0 saturated carbocycles. The summed E-state index contributed by atoms with van der Waals surface area (Å²) in [7, 11) is -4.67. The molecule has 0 radical (unpaired) electrons. The van der Waals surface area contributed by atoms with Crippen LogP contribution in [0.2, 0.25) is 0 Å². The smallest absolute Gasteiger partial charge is 0.462 e. The maximum absolute atomic E-state index is 12.6. The Balaban J connectivity index is 4.59. The fourth-order valence-electron chi connectivity index (χ4n) is 4.92. The van der Waals surface area contributed by atoms with Crippen molar-refractivity contribution in [2.45, 2.75) is 154 Å². The molecule has 0 amide bonds. The number of carbonyl (C=O) groups is 2. The highest BCUT2D eigenvalue weighted by molar-refractivity contribution is 7.47. The first-order valence-electron chi connectivity index (χ1n) is 20.7. The number of ether oxygens (including phenoxy) is 2. The molecule has 0 aliphatic heterocycles. The lowest BCUT2D eigenvalue weighted by Crippen LogP contribution is -2.29. The molecule has 0 fully saturated rings. The van der Waals surface area contributed by atoms with Crippen molar-refractivity contribution in [2.75, 3.05) is 26.4 Å². The molecule has 56 heavy (non-hydrogen) atoms. The molecule has 4 N–H and O–H groups in total. The third kappa shape index (κ3) is 38.0. The molecule has 0 heterocycles. The van der Waals surface area contributed by atoms with Crippen LogP contribution in [0.5, 0.6) is 0 Å². The van der Waals surface area contributed by atoms with Gasteiger partial charge in [0.15, 0.2) is 6.10 Å². The lowest BCUT2D eigenvalue weighted by Gasteiger charge is -2.20.